The number of sulfonamides is 1. The summed E-state index contributed by atoms with van der Waals surface area (Å²) in [6, 6.07) is 7.33. The number of nitrogens with zero attached hydrogens (tertiary/aromatic N) is 1. The second-order valence-electron chi connectivity index (χ2n) is 4.61. The molecular weight excluding hydrogens is 322 g/mol. The van der Waals surface area contributed by atoms with Gasteiger partial charge in [0.1, 0.15) is 5.01 Å². The Morgan fingerprint density at radius 1 is 1.27 bits per heavy atom. The minimum absolute atomic E-state index is 0.0514. The first kappa shape index (κ1) is 16.6. The summed E-state index contributed by atoms with van der Waals surface area (Å²) >= 11 is 1.40. The van der Waals surface area contributed by atoms with E-state index in [4.69, 9.17) is 0 Å². The fourth-order valence-corrected chi connectivity index (χ4v) is 3.12. The zero-order valence-electron chi connectivity index (χ0n) is 12.3. The van der Waals surface area contributed by atoms with Crippen molar-refractivity contribution in [2.45, 2.75) is 20.4 Å². The summed E-state index contributed by atoms with van der Waals surface area (Å²) in [5.41, 5.74) is 2.42. The van der Waals surface area contributed by atoms with Crippen molar-refractivity contribution in [2.24, 2.45) is 0 Å². The van der Waals surface area contributed by atoms with Crippen LogP contribution in [0.3, 0.4) is 0 Å². The van der Waals surface area contributed by atoms with Gasteiger partial charge in [0.2, 0.25) is 15.9 Å². The maximum Gasteiger partial charge on any atom is 0.221 e. The molecule has 6 nitrogen and oxygen atoms in total. The molecule has 0 bridgehead atoms. The van der Waals surface area contributed by atoms with E-state index in [1.54, 1.807) is 19.1 Å². The Morgan fingerprint density at radius 3 is 2.55 bits per heavy atom. The van der Waals surface area contributed by atoms with E-state index in [1.165, 1.54) is 18.3 Å². The van der Waals surface area contributed by atoms with Gasteiger partial charge in [0.15, 0.2) is 0 Å². The molecule has 0 spiro atoms. The quantitative estimate of drug-likeness (QED) is 0.844. The van der Waals surface area contributed by atoms with Crippen LogP contribution in [-0.4, -0.2) is 25.1 Å². The molecule has 1 aromatic heterocycles. The van der Waals surface area contributed by atoms with Crippen LogP contribution in [-0.2, 0) is 21.4 Å². The molecule has 8 heteroatoms. The Bertz CT molecular complexity index is 752. The monoisotopic (exact) mass is 339 g/mol. The van der Waals surface area contributed by atoms with Crippen LogP contribution in [0.15, 0.2) is 29.6 Å². The number of carbonyl (C=O) groups is 1. The minimum atomic E-state index is -3.21. The Labute approximate surface area is 133 Å². The molecule has 0 unspecified atom stereocenters. The lowest BCUT2D eigenvalue weighted by Crippen LogP contribution is -2.24. The number of benzene rings is 1. The maximum absolute atomic E-state index is 11.4. The average Bonchev–Trinajstić information content (AvgIpc) is 2.94. The second kappa shape index (κ2) is 6.99. The van der Waals surface area contributed by atoms with E-state index in [2.05, 4.69) is 15.0 Å². The Morgan fingerprint density at radius 2 is 1.95 bits per heavy atom. The SMILES string of the molecule is CCS(=O)(=O)NCc1nc(-c2ccc(NC(C)=O)cc2)cs1. The van der Waals surface area contributed by atoms with Crippen LogP contribution >= 0.6 is 11.3 Å². The fraction of sp³-hybridized carbons (Fsp3) is 0.286. The lowest BCUT2D eigenvalue weighted by atomic mass is 10.1. The molecule has 0 atom stereocenters. The van der Waals surface area contributed by atoms with Crippen molar-refractivity contribution < 1.29 is 13.2 Å². The molecule has 22 heavy (non-hydrogen) atoms. The van der Waals surface area contributed by atoms with E-state index in [0.29, 0.717) is 5.01 Å². The van der Waals surface area contributed by atoms with E-state index in [1.807, 2.05) is 17.5 Å². The van der Waals surface area contributed by atoms with Crippen molar-refractivity contribution in [1.82, 2.24) is 9.71 Å². The molecule has 0 fully saturated rings. The molecule has 1 amide bonds. The highest BCUT2D eigenvalue weighted by molar-refractivity contribution is 7.89. The summed E-state index contributed by atoms with van der Waals surface area (Å²) < 4.78 is 25.3. The van der Waals surface area contributed by atoms with Crippen LogP contribution < -0.4 is 10.0 Å². The second-order valence-corrected chi connectivity index (χ2v) is 7.65. The third kappa shape index (κ3) is 4.62. The van der Waals surface area contributed by atoms with Gasteiger partial charge in [-0.1, -0.05) is 12.1 Å². The molecule has 118 valence electrons. The molecule has 2 rings (SSSR count). The molecule has 1 aromatic carbocycles. The molecule has 0 radical (unpaired) electrons. The maximum atomic E-state index is 11.4. The molecule has 1 heterocycles. The van der Waals surface area contributed by atoms with E-state index in [-0.39, 0.29) is 18.2 Å². The Balaban J connectivity index is 2.06. The molecule has 2 N–H and O–H groups in total. The van der Waals surface area contributed by atoms with Crippen LogP contribution in [0.5, 0.6) is 0 Å². The number of aromatic nitrogens is 1. The highest BCUT2D eigenvalue weighted by Gasteiger charge is 2.09. The average molecular weight is 339 g/mol. The number of hydrogen-bond acceptors (Lipinski definition) is 5. The predicted octanol–water partition coefficient (Wildman–Crippen LogP) is 2.21. The number of hydrogen-bond donors (Lipinski definition) is 2. The van der Waals surface area contributed by atoms with Gasteiger partial charge in [-0.2, -0.15) is 0 Å². The van der Waals surface area contributed by atoms with Crippen LogP contribution in [0.2, 0.25) is 0 Å². The lowest BCUT2D eigenvalue weighted by molar-refractivity contribution is -0.114. The first-order valence-corrected chi connectivity index (χ1v) is 9.22. The van der Waals surface area contributed by atoms with Gasteiger partial charge >= 0.3 is 0 Å². The zero-order valence-corrected chi connectivity index (χ0v) is 13.9. The number of amides is 1. The number of anilines is 1. The van der Waals surface area contributed by atoms with Crippen molar-refractivity contribution in [3.63, 3.8) is 0 Å². The molecule has 0 aliphatic carbocycles. The third-order valence-corrected chi connectivity index (χ3v) is 5.07. The van der Waals surface area contributed by atoms with Gasteiger partial charge in [0, 0.05) is 23.6 Å². The van der Waals surface area contributed by atoms with Gasteiger partial charge in [0.05, 0.1) is 18.0 Å². The van der Waals surface area contributed by atoms with Crippen LogP contribution in [0, 0.1) is 0 Å². The fourth-order valence-electron chi connectivity index (χ4n) is 1.73. The van der Waals surface area contributed by atoms with E-state index >= 15 is 0 Å². The van der Waals surface area contributed by atoms with Crippen molar-refractivity contribution in [1.29, 1.82) is 0 Å². The highest BCUT2D eigenvalue weighted by atomic mass is 32.2. The zero-order chi connectivity index (χ0) is 16.2. The Kier molecular flexibility index (Phi) is 5.28. The van der Waals surface area contributed by atoms with Gasteiger partial charge in [-0.15, -0.1) is 11.3 Å². The molecular formula is C14H17N3O3S2. The summed E-state index contributed by atoms with van der Waals surface area (Å²) in [6.45, 7) is 3.25. The minimum Gasteiger partial charge on any atom is -0.326 e. The van der Waals surface area contributed by atoms with Gasteiger partial charge in [-0.05, 0) is 19.1 Å². The van der Waals surface area contributed by atoms with Gasteiger partial charge < -0.3 is 5.32 Å². The molecule has 0 aliphatic heterocycles. The van der Waals surface area contributed by atoms with Crippen molar-refractivity contribution in [3.8, 4) is 11.3 Å². The van der Waals surface area contributed by atoms with Crippen LogP contribution in [0.4, 0.5) is 5.69 Å². The van der Waals surface area contributed by atoms with Crippen molar-refractivity contribution >= 4 is 33.0 Å². The summed E-state index contributed by atoms with van der Waals surface area (Å²) in [5, 5.41) is 5.28. The normalized spacial score (nSPS) is 11.4. The summed E-state index contributed by atoms with van der Waals surface area (Å²) in [7, 11) is -3.21. The number of carbonyl (C=O) groups excluding carboxylic acids is 1. The van der Waals surface area contributed by atoms with Crippen LogP contribution in [0.25, 0.3) is 11.3 Å². The van der Waals surface area contributed by atoms with E-state index < -0.39 is 10.0 Å². The predicted molar refractivity (Wildman–Crippen MR) is 88.2 cm³/mol. The summed E-state index contributed by atoms with van der Waals surface area (Å²) in [6.07, 6.45) is 0. The van der Waals surface area contributed by atoms with Crippen LogP contribution in [0.1, 0.15) is 18.9 Å². The molecule has 0 saturated heterocycles. The molecule has 0 saturated carbocycles. The summed E-state index contributed by atoms with van der Waals surface area (Å²) in [5.74, 6) is -0.0672. The third-order valence-electron chi connectivity index (χ3n) is 2.88. The Hall–Kier alpha value is -1.77. The molecule has 0 aliphatic rings. The topological polar surface area (TPSA) is 88.2 Å². The van der Waals surface area contributed by atoms with E-state index in [0.717, 1.165) is 16.9 Å². The summed E-state index contributed by atoms with van der Waals surface area (Å²) in [4.78, 5) is 15.4. The largest absolute Gasteiger partial charge is 0.326 e. The van der Waals surface area contributed by atoms with E-state index in [9.17, 15) is 13.2 Å². The first-order chi connectivity index (χ1) is 10.4. The lowest BCUT2D eigenvalue weighted by Gasteiger charge is -2.03. The van der Waals surface area contributed by atoms with Gasteiger partial charge in [-0.25, -0.2) is 18.1 Å². The number of nitrogens with one attached hydrogen (secondary N) is 2. The standard InChI is InChI=1S/C14H17N3O3S2/c1-3-22(19,20)15-8-14-17-13(9-21-14)11-4-6-12(7-5-11)16-10(2)18/h4-7,9,15H,3,8H2,1-2H3,(H,16,18). The van der Waals surface area contributed by atoms with Crippen molar-refractivity contribution in [3.05, 3.63) is 34.7 Å². The highest BCUT2D eigenvalue weighted by Crippen LogP contribution is 2.23. The number of rotatable bonds is 6. The first-order valence-electron chi connectivity index (χ1n) is 6.69. The van der Waals surface area contributed by atoms with Gasteiger partial charge in [-0.3, -0.25) is 4.79 Å². The number of thiazole rings is 1. The smallest absolute Gasteiger partial charge is 0.221 e. The van der Waals surface area contributed by atoms with Crippen molar-refractivity contribution in [2.75, 3.05) is 11.1 Å². The molecule has 2 aromatic rings. The van der Waals surface area contributed by atoms with Gasteiger partial charge in [0.25, 0.3) is 0 Å².